The second-order valence-electron chi connectivity index (χ2n) is 4.48. The highest BCUT2D eigenvalue weighted by Gasteiger charge is 2.11. The standard InChI is InChI=1S/C15H14BrNO3/c1-9-6-12(7-10(2)13(9)16)20-8-11-4-3-5-17-14(11)15(18)19/h3-7H,8H2,1-2H3,(H,18,19). The lowest BCUT2D eigenvalue weighted by Crippen LogP contribution is -2.08. The third-order valence-electron chi connectivity index (χ3n) is 2.90. The van der Waals surface area contributed by atoms with Gasteiger partial charge < -0.3 is 9.84 Å². The number of hydrogen-bond acceptors (Lipinski definition) is 3. The first-order valence-electron chi connectivity index (χ1n) is 6.05. The zero-order valence-corrected chi connectivity index (χ0v) is 12.8. The number of carboxylic acid groups (broad SMARTS) is 1. The molecule has 0 bridgehead atoms. The Labute approximate surface area is 125 Å². The lowest BCUT2D eigenvalue weighted by molar-refractivity contribution is 0.0687. The van der Waals surface area contributed by atoms with Crippen molar-refractivity contribution < 1.29 is 14.6 Å². The number of ether oxygens (including phenoxy) is 1. The Hall–Kier alpha value is -1.88. The molecule has 0 saturated heterocycles. The predicted molar refractivity (Wildman–Crippen MR) is 79.1 cm³/mol. The lowest BCUT2D eigenvalue weighted by Gasteiger charge is -2.11. The van der Waals surface area contributed by atoms with E-state index in [-0.39, 0.29) is 12.3 Å². The summed E-state index contributed by atoms with van der Waals surface area (Å²) in [6.45, 7) is 4.14. The molecule has 0 aliphatic carbocycles. The molecule has 0 saturated carbocycles. The molecule has 1 heterocycles. The van der Waals surface area contributed by atoms with Crippen molar-refractivity contribution in [2.75, 3.05) is 0 Å². The van der Waals surface area contributed by atoms with E-state index < -0.39 is 5.97 Å². The van der Waals surface area contributed by atoms with Crippen molar-refractivity contribution in [1.29, 1.82) is 0 Å². The number of nitrogens with zero attached hydrogens (tertiary/aromatic N) is 1. The molecule has 4 nitrogen and oxygen atoms in total. The van der Waals surface area contributed by atoms with Crippen LogP contribution in [0.1, 0.15) is 27.2 Å². The number of hydrogen-bond donors (Lipinski definition) is 1. The van der Waals surface area contributed by atoms with Crippen molar-refractivity contribution in [3.8, 4) is 5.75 Å². The molecule has 5 heteroatoms. The first-order valence-corrected chi connectivity index (χ1v) is 6.85. The fourth-order valence-electron chi connectivity index (χ4n) is 1.90. The van der Waals surface area contributed by atoms with E-state index in [1.807, 2.05) is 26.0 Å². The van der Waals surface area contributed by atoms with Gasteiger partial charge in [0.05, 0.1) is 0 Å². The monoisotopic (exact) mass is 335 g/mol. The first kappa shape index (κ1) is 14.5. The van der Waals surface area contributed by atoms with Crippen molar-refractivity contribution in [3.05, 3.63) is 57.3 Å². The van der Waals surface area contributed by atoms with Gasteiger partial charge in [-0.2, -0.15) is 0 Å². The molecular weight excluding hydrogens is 322 g/mol. The number of benzene rings is 1. The Morgan fingerprint density at radius 2 is 2.00 bits per heavy atom. The summed E-state index contributed by atoms with van der Waals surface area (Å²) >= 11 is 3.50. The molecule has 1 N–H and O–H groups in total. The zero-order valence-electron chi connectivity index (χ0n) is 11.2. The van der Waals surface area contributed by atoms with Crippen molar-refractivity contribution >= 4 is 21.9 Å². The molecule has 1 aromatic carbocycles. The highest BCUT2D eigenvalue weighted by Crippen LogP contribution is 2.26. The molecule has 0 radical (unpaired) electrons. The molecule has 104 valence electrons. The first-order chi connectivity index (χ1) is 9.49. The summed E-state index contributed by atoms with van der Waals surface area (Å²) in [6.07, 6.45) is 1.46. The highest BCUT2D eigenvalue weighted by molar-refractivity contribution is 9.10. The Balaban J connectivity index is 2.19. The second-order valence-corrected chi connectivity index (χ2v) is 5.27. The Morgan fingerprint density at radius 3 is 2.60 bits per heavy atom. The predicted octanol–water partition coefficient (Wildman–Crippen LogP) is 3.74. The van der Waals surface area contributed by atoms with Crippen LogP contribution in [0.25, 0.3) is 0 Å². The van der Waals surface area contributed by atoms with Gasteiger partial charge in [-0.05, 0) is 43.2 Å². The van der Waals surface area contributed by atoms with Gasteiger partial charge in [0.15, 0.2) is 5.69 Å². The summed E-state index contributed by atoms with van der Waals surface area (Å²) in [5.74, 6) is -0.337. The van der Waals surface area contributed by atoms with Crippen LogP contribution < -0.4 is 4.74 Å². The van der Waals surface area contributed by atoms with Crippen LogP contribution >= 0.6 is 15.9 Å². The maximum absolute atomic E-state index is 11.1. The van der Waals surface area contributed by atoms with Crippen LogP contribution in [0.4, 0.5) is 0 Å². The van der Waals surface area contributed by atoms with Gasteiger partial charge in [-0.15, -0.1) is 0 Å². The second kappa shape index (κ2) is 6.05. The van der Waals surface area contributed by atoms with E-state index in [9.17, 15) is 4.79 Å². The van der Waals surface area contributed by atoms with Crippen molar-refractivity contribution in [2.24, 2.45) is 0 Å². The summed E-state index contributed by atoms with van der Waals surface area (Å²) in [4.78, 5) is 14.9. The maximum Gasteiger partial charge on any atom is 0.354 e. The van der Waals surface area contributed by atoms with Gasteiger partial charge in [-0.1, -0.05) is 22.0 Å². The SMILES string of the molecule is Cc1cc(OCc2cccnc2C(=O)O)cc(C)c1Br. The highest BCUT2D eigenvalue weighted by atomic mass is 79.9. The molecule has 0 fully saturated rings. The van der Waals surface area contributed by atoms with E-state index in [2.05, 4.69) is 20.9 Å². The van der Waals surface area contributed by atoms with Gasteiger partial charge in [0.1, 0.15) is 12.4 Å². The quantitative estimate of drug-likeness (QED) is 0.924. The summed E-state index contributed by atoms with van der Waals surface area (Å²) < 4.78 is 6.73. The van der Waals surface area contributed by atoms with E-state index in [4.69, 9.17) is 9.84 Å². The minimum Gasteiger partial charge on any atom is -0.489 e. The van der Waals surface area contributed by atoms with E-state index in [1.54, 1.807) is 12.1 Å². The number of pyridine rings is 1. The van der Waals surface area contributed by atoms with Crippen LogP contribution in [0.15, 0.2) is 34.9 Å². The average molecular weight is 336 g/mol. The van der Waals surface area contributed by atoms with E-state index in [0.29, 0.717) is 11.3 Å². The third-order valence-corrected chi connectivity index (χ3v) is 4.15. The van der Waals surface area contributed by atoms with E-state index in [1.165, 1.54) is 6.20 Å². The van der Waals surface area contributed by atoms with Crippen LogP contribution in [0, 0.1) is 13.8 Å². The van der Waals surface area contributed by atoms with E-state index >= 15 is 0 Å². The van der Waals surface area contributed by atoms with Crippen molar-refractivity contribution in [1.82, 2.24) is 4.98 Å². The number of rotatable bonds is 4. The largest absolute Gasteiger partial charge is 0.489 e. The summed E-state index contributed by atoms with van der Waals surface area (Å²) in [6, 6.07) is 7.22. The topological polar surface area (TPSA) is 59.4 Å². The van der Waals surface area contributed by atoms with Gasteiger partial charge in [0.2, 0.25) is 0 Å². The fourth-order valence-corrected chi connectivity index (χ4v) is 2.13. The van der Waals surface area contributed by atoms with Gasteiger partial charge in [0, 0.05) is 16.2 Å². The van der Waals surface area contributed by atoms with Crippen LogP contribution in [0.3, 0.4) is 0 Å². The molecule has 0 spiro atoms. The molecule has 2 aromatic rings. The molecule has 2 rings (SSSR count). The fraction of sp³-hybridized carbons (Fsp3) is 0.200. The minimum atomic E-state index is -1.05. The van der Waals surface area contributed by atoms with E-state index in [0.717, 1.165) is 15.6 Å². The number of aryl methyl sites for hydroxylation is 2. The normalized spacial score (nSPS) is 10.3. The van der Waals surface area contributed by atoms with Gasteiger partial charge in [0.25, 0.3) is 0 Å². The van der Waals surface area contributed by atoms with Crippen LogP contribution in [0.2, 0.25) is 0 Å². The molecule has 0 aliphatic heterocycles. The Bertz CT molecular complexity index is 632. The minimum absolute atomic E-state index is 0.0260. The number of carboxylic acids is 1. The molecule has 20 heavy (non-hydrogen) atoms. The zero-order chi connectivity index (χ0) is 14.7. The van der Waals surface area contributed by atoms with Crippen molar-refractivity contribution in [2.45, 2.75) is 20.5 Å². The average Bonchev–Trinajstić information content (AvgIpc) is 2.42. The molecular formula is C15H14BrNO3. The molecule has 0 unspecified atom stereocenters. The third kappa shape index (κ3) is 3.17. The number of halogens is 1. The van der Waals surface area contributed by atoms with Crippen LogP contribution in [-0.4, -0.2) is 16.1 Å². The Morgan fingerprint density at radius 1 is 1.35 bits per heavy atom. The Kier molecular flexibility index (Phi) is 4.39. The smallest absolute Gasteiger partial charge is 0.354 e. The summed E-state index contributed by atoms with van der Waals surface area (Å²) in [5, 5.41) is 9.06. The molecule has 1 aromatic heterocycles. The van der Waals surface area contributed by atoms with Crippen LogP contribution in [0.5, 0.6) is 5.75 Å². The number of carbonyl (C=O) groups is 1. The van der Waals surface area contributed by atoms with Gasteiger partial charge in [-0.3, -0.25) is 0 Å². The lowest BCUT2D eigenvalue weighted by atomic mass is 10.1. The van der Waals surface area contributed by atoms with Gasteiger partial charge in [-0.25, -0.2) is 9.78 Å². The molecule has 0 aliphatic rings. The number of aromatic carboxylic acids is 1. The van der Waals surface area contributed by atoms with Gasteiger partial charge >= 0.3 is 5.97 Å². The van der Waals surface area contributed by atoms with Crippen LogP contribution in [-0.2, 0) is 6.61 Å². The number of aromatic nitrogens is 1. The van der Waals surface area contributed by atoms with Crippen molar-refractivity contribution in [3.63, 3.8) is 0 Å². The summed E-state index contributed by atoms with van der Waals surface area (Å²) in [5.41, 5.74) is 2.73. The molecule has 0 atom stereocenters. The molecule has 0 amide bonds. The summed E-state index contributed by atoms with van der Waals surface area (Å²) in [7, 11) is 0. The maximum atomic E-state index is 11.1.